The van der Waals surface area contributed by atoms with Gasteiger partial charge in [-0.15, -0.1) is 10.2 Å². The summed E-state index contributed by atoms with van der Waals surface area (Å²) in [5.41, 5.74) is 5.60. The number of anilines is 2. The lowest BCUT2D eigenvalue weighted by molar-refractivity contribution is 0.102. The highest BCUT2D eigenvalue weighted by molar-refractivity contribution is 6.04. The van der Waals surface area contributed by atoms with Gasteiger partial charge in [0, 0.05) is 54.6 Å². The van der Waals surface area contributed by atoms with Gasteiger partial charge in [0.2, 0.25) is 0 Å². The number of nitrogens with zero attached hydrogens (tertiary/aromatic N) is 6. The maximum Gasteiger partial charge on any atom is 0.255 e. The molecule has 0 aliphatic heterocycles. The summed E-state index contributed by atoms with van der Waals surface area (Å²) in [5.74, 6) is 0.498. The summed E-state index contributed by atoms with van der Waals surface area (Å²) in [6.07, 6.45) is 3.42. The summed E-state index contributed by atoms with van der Waals surface area (Å²) >= 11 is 0. The summed E-state index contributed by atoms with van der Waals surface area (Å²) in [6.45, 7) is 0. The monoisotopic (exact) mass is 435 g/mol. The zero-order valence-corrected chi connectivity index (χ0v) is 18.2. The van der Waals surface area contributed by atoms with Crippen LogP contribution in [0.1, 0.15) is 10.4 Å². The number of rotatable bonds is 5. The van der Waals surface area contributed by atoms with E-state index in [1.54, 1.807) is 16.9 Å². The van der Waals surface area contributed by atoms with Crippen LogP contribution in [0.15, 0.2) is 85.2 Å². The minimum Gasteiger partial charge on any atom is -0.378 e. The summed E-state index contributed by atoms with van der Waals surface area (Å²) in [4.78, 5) is 18.6. The van der Waals surface area contributed by atoms with Gasteiger partial charge >= 0.3 is 0 Å². The summed E-state index contributed by atoms with van der Waals surface area (Å²) in [6, 6.07) is 22.6. The molecule has 0 radical (unpaired) electrons. The summed E-state index contributed by atoms with van der Waals surface area (Å²) in [7, 11) is 3.93. The van der Waals surface area contributed by atoms with Crippen molar-refractivity contribution >= 4 is 22.9 Å². The minimum atomic E-state index is -0.154. The van der Waals surface area contributed by atoms with E-state index < -0.39 is 0 Å². The minimum absolute atomic E-state index is 0.154. The van der Waals surface area contributed by atoms with Gasteiger partial charge in [0.05, 0.1) is 5.69 Å². The van der Waals surface area contributed by atoms with Gasteiger partial charge in [-0.25, -0.2) is 0 Å². The molecule has 5 aromatic rings. The third-order valence-corrected chi connectivity index (χ3v) is 5.29. The van der Waals surface area contributed by atoms with Gasteiger partial charge in [-0.05, 0) is 60.7 Å². The SMILES string of the molecule is CN(C)c1ccc(C(=O)Nc2ccc(-c3ccc4nnc(-c5ccncc5)n4n3)cc2)cc1. The van der Waals surface area contributed by atoms with E-state index in [0.717, 1.165) is 22.5 Å². The van der Waals surface area contributed by atoms with Gasteiger partial charge < -0.3 is 10.2 Å². The van der Waals surface area contributed by atoms with Crippen LogP contribution in [-0.4, -0.2) is 44.8 Å². The second-order valence-electron chi connectivity index (χ2n) is 7.72. The molecule has 5 rings (SSSR count). The number of amides is 1. The predicted octanol–water partition coefficient (Wildman–Crippen LogP) is 4.17. The van der Waals surface area contributed by atoms with Crippen molar-refractivity contribution < 1.29 is 4.79 Å². The van der Waals surface area contributed by atoms with Crippen molar-refractivity contribution in [2.75, 3.05) is 24.3 Å². The fraction of sp³-hybridized carbons (Fsp3) is 0.0800. The van der Waals surface area contributed by atoms with Gasteiger partial charge in [0.25, 0.3) is 5.91 Å². The Balaban J connectivity index is 1.36. The Labute approximate surface area is 190 Å². The molecular formula is C25H21N7O. The molecule has 0 saturated heterocycles. The van der Waals surface area contributed by atoms with Gasteiger partial charge in [0.1, 0.15) is 0 Å². The Kier molecular flexibility index (Phi) is 5.24. The molecule has 8 nitrogen and oxygen atoms in total. The van der Waals surface area contributed by atoms with Crippen LogP contribution in [0, 0.1) is 0 Å². The van der Waals surface area contributed by atoms with E-state index in [-0.39, 0.29) is 5.91 Å². The van der Waals surface area contributed by atoms with E-state index in [1.165, 1.54) is 0 Å². The van der Waals surface area contributed by atoms with Crippen LogP contribution in [0.3, 0.4) is 0 Å². The number of carbonyl (C=O) groups excluding carboxylic acids is 1. The van der Waals surface area contributed by atoms with E-state index in [0.29, 0.717) is 22.7 Å². The second kappa shape index (κ2) is 8.51. The van der Waals surface area contributed by atoms with Crippen LogP contribution in [0.2, 0.25) is 0 Å². The fourth-order valence-electron chi connectivity index (χ4n) is 3.46. The third kappa shape index (κ3) is 4.14. The Morgan fingerprint density at radius 3 is 2.24 bits per heavy atom. The maximum atomic E-state index is 12.6. The molecule has 2 aromatic carbocycles. The highest BCUT2D eigenvalue weighted by atomic mass is 16.1. The Morgan fingerprint density at radius 2 is 1.55 bits per heavy atom. The first-order valence-corrected chi connectivity index (χ1v) is 10.4. The van der Waals surface area contributed by atoms with Crippen LogP contribution < -0.4 is 10.2 Å². The van der Waals surface area contributed by atoms with E-state index in [1.807, 2.05) is 91.8 Å². The average molecular weight is 435 g/mol. The van der Waals surface area contributed by atoms with E-state index in [9.17, 15) is 4.79 Å². The number of fused-ring (bicyclic) bond motifs is 1. The molecule has 0 aliphatic carbocycles. The number of pyridine rings is 1. The number of carbonyl (C=O) groups is 1. The Hall–Kier alpha value is -4.59. The standard InChI is InChI=1S/C25H21N7O/c1-31(2)21-9-5-19(6-10-21)25(33)27-20-7-3-17(4-8-20)22-11-12-23-28-29-24(32(23)30-22)18-13-15-26-16-14-18/h3-16H,1-2H3,(H,27,33). The molecule has 1 amide bonds. The van der Waals surface area contributed by atoms with Crippen molar-refractivity contribution in [3.63, 3.8) is 0 Å². The molecule has 0 spiro atoms. The highest BCUT2D eigenvalue weighted by Crippen LogP contribution is 2.23. The molecule has 0 bridgehead atoms. The van der Waals surface area contributed by atoms with Crippen molar-refractivity contribution in [2.24, 2.45) is 0 Å². The number of aromatic nitrogens is 5. The predicted molar refractivity (Wildman–Crippen MR) is 128 cm³/mol. The lowest BCUT2D eigenvalue weighted by atomic mass is 10.1. The first-order valence-electron chi connectivity index (χ1n) is 10.4. The fourth-order valence-corrected chi connectivity index (χ4v) is 3.46. The second-order valence-corrected chi connectivity index (χ2v) is 7.72. The molecule has 0 saturated carbocycles. The molecule has 0 unspecified atom stereocenters. The van der Waals surface area contributed by atoms with Gasteiger partial charge in [0.15, 0.2) is 11.5 Å². The van der Waals surface area contributed by atoms with Crippen molar-refractivity contribution in [2.45, 2.75) is 0 Å². The molecule has 3 heterocycles. The average Bonchev–Trinajstić information content (AvgIpc) is 3.28. The zero-order chi connectivity index (χ0) is 22.8. The molecular weight excluding hydrogens is 414 g/mol. The normalized spacial score (nSPS) is 10.8. The molecule has 8 heteroatoms. The van der Waals surface area contributed by atoms with Crippen molar-refractivity contribution in [1.29, 1.82) is 0 Å². The lowest BCUT2D eigenvalue weighted by Gasteiger charge is -2.12. The van der Waals surface area contributed by atoms with Crippen LogP contribution >= 0.6 is 0 Å². The maximum absolute atomic E-state index is 12.6. The quantitative estimate of drug-likeness (QED) is 0.446. The van der Waals surface area contributed by atoms with Gasteiger partial charge in [-0.1, -0.05) is 12.1 Å². The van der Waals surface area contributed by atoms with Crippen molar-refractivity contribution in [1.82, 2.24) is 24.8 Å². The van der Waals surface area contributed by atoms with Crippen LogP contribution in [-0.2, 0) is 0 Å². The molecule has 0 atom stereocenters. The van der Waals surface area contributed by atoms with Crippen molar-refractivity contribution in [3.8, 4) is 22.6 Å². The molecule has 162 valence electrons. The zero-order valence-electron chi connectivity index (χ0n) is 18.2. The van der Waals surface area contributed by atoms with Crippen LogP contribution in [0.4, 0.5) is 11.4 Å². The van der Waals surface area contributed by atoms with Gasteiger partial charge in [-0.2, -0.15) is 9.61 Å². The summed E-state index contributed by atoms with van der Waals surface area (Å²) in [5, 5.41) is 16.1. The molecule has 3 aromatic heterocycles. The first kappa shape index (κ1) is 20.3. The summed E-state index contributed by atoms with van der Waals surface area (Å²) < 4.78 is 1.72. The highest BCUT2D eigenvalue weighted by Gasteiger charge is 2.11. The number of hydrogen-bond donors (Lipinski definition) is 1. The molecule has 33 heavy (non-hydrogen) atoms. The topological polar surface area (TPSA) is 88.3 Å². The van der Waals surface area contributed by atoms with Gasteiger partial charge in [-0.3, -0.25) is 9.78 Å². The molecule has 0 aliphatic rings. The van der Waals surface area contributed by atoms with Crippen LogP contribution in [0.25, 0.3) is 28.3 Å². The van der Waals surface area contributed by atoms with Crippen molar-refractivity contribution in [3.05, 3.63) is 90.8 Å². The number of nitrogens with one attached hydrogen (secondary N) is 1. The number of benzene rings is 2. The molecule has 1 N–H and O–H groups in total. The van der Waals surface area contributed by atoms with E-state index in [2.05, 4.69) is 20.5 Å². The first-order chi connectivity index (χ1) is 16.1. The van der Waals surface area contributed by atoms with E-state index in [4.69, 9.17) is 5.10 Å². The Bertz CT molecular complexity index is 1410. The number of hydrogen-bond acceptors (Lipinski definition) is 6. The smallest absolute Gasteiger partial charge is 0.255 e. The largest absolute Gasteiger partial charge is 0.378 e. The lowest BCUT2D eigenvalue weighted by Crippen LogP contribution is -2.13. The molecule has 0 fully saturated rings. The van der Waals surface area contributed by atoms with Crippen LogP contribution in [0.5, 0.6) is 0 Å². The third-order valence-electron chi connectivity index (χ3n) is 5.29. The van der Waals surface area contributed by atoms with E-state index >= 15 is 0 Å². The Morgan fingerprint density at radius 1 is 0.818 bits per heavy atom.